The van der Waals surface area contributed by atoms with Crippen LogP contribution >= 0.6 is 0 Å². The zero-order valence-corrected chi connectivity index (χ0v) is 19.0. The molecule has 0 heterocycles. The number of carbonyl (C=O) groups is 1. The first-order valence-corrected chi connectivity index (χ1v) is 12.4. The van der Waals surface area contributed by atoms with Crippen molar-refractivity contribution in [1.82, 2.24) is 0 Å². The van der Waals surface area contributed by atoms with Gasteiger partial charge in [-0.3, -0.25) is 0 Å². The summed E-state index contributed by atoms with van der Waals surface area (Å²) in [6, 6.07) is 20.0. The van der Waals surface area contributed by atoms with Crippen LogP contribution in [0.1, 0.15) is 55.8 Å². The van der Waals surface area contributed by atoms with E-state index in [4.69, 9.17) is 4.74 Å². The van der Waals surface area contributed by atoms with Crippen LogP contribution in [0, 0.1) is 0 Å². The first-order valence-electron chi connectivity index (χ1n) is 10.1. The van der Waals surface area contributed by atoms with E-state index >= 15 is 0 Å². The van der Waals surface area contributed by atoms with Crippen LogP contribution in [-0.2, 0) is 4.74 Å². The van der Waals surface area contributed by atoms with Crippen LogP contribution in [0.25, 0.3) is 0 Å². The zero-order chi connectivity index (χ0) is 19.9. The minimum atomic E-state index is -0.305. The average molecular weight is 490 g/mol. The molecule has 0 aliphatic rings. The molecule has 28 heavy (non-hydrogen) atoms. The molecule has 0 aliphatic heterocycles. The Balaban J connectivity index is 1.79. The van der Waals surface area contributed by atoms with Crippen molar-refractivity contribution in [3.8, 4) is 0 Å². The van der Waals surface area contributed by atoms with Gasteiger partial charge in [-0.05, 0) is 0 Å². The zero-order valence-electron chi connectivity index (χ0n) is 16.7. The van der Waals surface area contributed by atoms with Crippen LogP contribution in [0.15, 0.2) is 82.5 Å². The molecular formula is C25H30O2Te. The Morgan fingerprint density at radius 3 is 2.39 bits per heavy atom. The number of benzene rings is 2. The van der Waals surface area contributed by atoms with E-state index in [9.17, 15) is 4.79 Å². The number of hydrogen-bond donors (Lipinski definition) is 0. The minimum absolute atomic E-state index is 0.253. The van der Waals surface area contributed by atoms with E-state index in [0.29, 0.717) is 12.2 Å². The predicted molar refractivity (Wildman–Crippen MR) is 119 cm³/mol. The molecule has 0 bridgehead atoms. The van der Waals surface area contributed by atoms with Crippen molar-refractivity contribution in [3.05, 3.63) is 88.1 Å². The molecule has 0 saturated heterocycles. The molecule has 0 aromatic heterocycles. The molecule has 2 rings (SSSR count). The molecule has 3 heteroatoms. The maximum atomic E-state index is 11.9. The van der Waals surface area contributed by atoms with Gasteiger partial charge < -0.3 is 0 Å². The van der Waals surface area contributed by atoms with Crippen LogP contribution < -0.4 is 3.61 Å². The molecule has 0 atom stereocenters. The Morgan fingerprint density at radius 1 is 0.964 bits per heavy atom. The van der Waals surface area contributed by atoms with Crippen molar-refractivity contribution >= 4 is 30.5 Å². The number of ether oxygens (including phenoxy) is 1. The van der Waals surface area contributed by atoms with Gasteiger partial charge in [-0.2, -0.15) is 0 Å². The molecule has 0 spiro atoms. The van der Waals surface area contributed by atoms with E-state index in [0.717, 1.165) is 6.42 Å². The predicted octanol–water partition coefficient (Wildman–Crippen LogP) is 5.67. The van der Waals surface area contributed by atoms with Gasteiger partial charge in [0.2, 0.25) is 0 Å². The SMILES string of the molecule is CCCCCC/C(=C\C=C\CCOC(=O)c1ccccc1)[Te]c1ccccc1. The normalized spacial score (nSPS) is 11.7. The fraction of sp³-hybridized carbons (Fsp3) is 0.320. The van der Waals surface area contributed by atoms with E-state index < -0.39 is 0 Å². The van der Waals surface area contributed by atoms with Crippen LogP contribution in [0.5, 0.6) is 0 Å². The Hall–Kier alpha value is -1.82. The Kier molecular flexibility index (Phi) is 11.4. The first kappa shape index (κ1) is 22.5. The van der Waals surface area contributed by atoms with Gasteiger partial charge in [0.25, 0.3) is 0 Å². The van der Waals surface area contributed by atoms with Crippen LogP contribution in [0.3, 0.4) is 0 Å². The van der Waals surface area contributed by atoms with Crippen molar-refractivity contribution in [2.24, 2.45) is 0 Å². The van der Waals surface area contributed by atoms with Crippen molar-refractivity contribution in [2.45, 2.75) is 45.4 Å². The fourth-order valence-electron chi connectivity index (χ4n) is 2.68. The number of rotatable bonds is 12. The Labute approximate surface area is 179 Å². The quantitative estimate of drug-likeness (QED) is 0.166. The monoisotopic (exact) mass is 492 g/mol. The van der Waals surface area contributed by atoms with Crippen molar-refractivity contribution < 1.29 is 9.53 Å². The summed E-state index contributed by atoms with van der Waals surface area (Å²) in [7, 11) is 0. The van der Waals surface area contributed by atoms with Crippen LogP contribution in [0.4, 0.5) is 0 Å². The third kappa shape index (κ3) is 9.40. The molecule has 148 valence electrons. The summed E-state index contributed by atoms with van der Waals surface area (Å²) in [6.45, 7) is 2.67. The number of allylic oxidation sites excluding steroid dienone is 3. The summed E-state index contributed by atoms with van der Waals surface area (Å²) in [5.41, 5.74) is 0.606. The van der Waals surface area contributed by atoms with E-state index in [1.807, 2.05) is 18.2 Å². The maximum absolute atomic E-state index is 11.9. The number of esters is 1. The van der Waals surface area contributed by atoms with Gasteiger partial charge in [-0.15, -0.1) is 0 Å². The molecule has 2 aromatic carbocycles. The first-order chi connectivity index (χ1) is 13.8. The van der Waals surface area contributed by atoms with Gasteiger partial charge in [-0.1, -0.05) is 0 Å². The summed E-state index contributed by atoms with van der Waals surface area (Å²) >= 11 is -0.305. The third-order valence-electron chi connectivity index (χ3n) is 4.21. The molecular weight excluding hydrogens is 460 g/mol. The molecule has 0 unspecified atom stereocenters. The van der Waals surface area contributed by atoms with Gasteiger partial charge in [-0.25, -0.2) is 0 Å². The molecule has 0 fully saturated rings. The van der Waals surface area contributed by atoms with E-state index in [1.165, 1.54) is 35.7 Å². The molecule has 0 radical (unpaired) electrons. The van der Waals surface area contributed by atoms with Gasteiger partial charge >= 0.3 is 180 Å². The molecule has 0 saturated carbocycles. The summed E-state index contributed by atoms with van der Waals surface area (Å²) in [4.78, 5) is 11.9. The van der Waals surface area contributed by atoms with Gasteiger partial charge in [0.15, 0.2) is 0 Å². The van der Waals surface area contributed by atoms with Crippen LogP contribution in [-0.4, -0.2) is 33.5 Å². The van der Waals surface area contributed by atoms with E-state index in [2.05, 4.69) is 55.5 Å². The molecule has 2 nitrogen and oxygen atoms in total. The molecule has 0 N–H and O–H groups in total. The Morgan fingerprint density at radius 2 is 1.68 bits per heavy atom. The fourth-order valence-corrected chi connectivity index (χ4v) is 5.51. The van der Waals surface area contributed by atoms with Gasteiger partial charge in [0.1, 0.15) is 0 Å². The number of hydrogen-bond acceptors (Lipinski definition) is 2. The topological polar surface area (TPSA) is 26.3 Å². The Bertz CT molecular complexity index is 736. The second-order valence-corrected chi connectivity index (χ2v) is 10.0. The molecule has 2 aromatic rings. The van der Waals surface area contributed by atoms with Crippen molar-refractivity contribution in [3.63, 3.8) is 0 Å². The van der Waals surface area contributed by atoms with Crippen molar-refractivity contribution in [2.75, 3.05) is 6.61 Å². The number of carbonyl (C=O) groups excluding carboxylic acids is 1. The van der Waals surface area contributed by atoms with E-state index in [1.54, 1.807) is 15.8 Å². The average Bonchev–Trinajstić information content (AvgIpc) is 2.74. The second-order valence-electron chi connectivity index (χ2n) is 6.58. The van der Waals surface area contributed by atoms with E-state index in [-0.39, 0.29) is 26.9 Å². The van der Waals surface area contributed by atoms with Crippen molar-refractivity contribution in [1.29, 1.82) is 0 Å². The summed E-state index contributed by atoms with van der Waals surface area (Å²) < 4.78 is 8.39. The summed E-state index contributed by atoms with van der Waals surface area (Å²) in [5, 5.41) is 0. The standard InChI is InChI=1S/C25H30O2Te/c1-2-3-4-10-17-23(28-24-18-11-6-12-19-24)20-13-7-14-21-27-25(26)22-15-8-5-9-16-22/h5-9,11-13,15-16,18-20H,2-4,10,14,17,21H2,1H3/b13-7+,23-20+. The summed E-state index contributed by atoms with van der Waals surface area (Å²) in [6.07, 6.45) is 13.7. The third-order valence-corrected chi connectivity index (χ3v) is 7.38. The molecule has 0 aliphatic carbocycles. The number of unbranched alkanes of at least 4 members (excludes halogenated alkanes) is 3. The second kappa shape index (κ2) is 14.2. The van der Waals surface area contributed by atoms with Crippen LogP contribution in [0.2, 0.25) is 0 Å². The van der Waals surface area contributed by atoms with Gasteiger partial charge in [0, 0.05) is 0 Å². The summed E-state index contributed by atoms with van der Waals surface area (Å²) in [5.74, 6) is -0.253. The molecule has 0 amide bonds. The van der Waals surface area contributed by atoms with Gasteiger partial charge in [0.05, 0.1) is 0 Å².